The molecule has 0 spiro atoms. The van der Waals surface area contributed by atoms with E-state index in [1.807, 2.05) is 36.4 Å². The normalized spacial score (nSPS) is 31.8. The van der Waals surface area contributed by atoms with E-state index in [9.17, 15) is 23.1 Å². The number of rotatable bonds is 5. The van der Waals surface area contributed by atoms with E-state index < -0.39 is 41.4 Å². The van der Waals surface area contributed by atoms with Gasteiger partial charge in [-0.15, -0.1) is 0 Å². The van der Waals surface area contributed by atoms with Gasteiger partial charge in [0.1, 0.15) is 5.60 Å². The van der Waals surface area contributed by atoms with Crippen molar-refractivity contribution in [3.8, 4) is 0 Å². The fourth-order valence-corrected chi connectivity index (χ4v) is 8.47. The summed E-state index contributed by atoms with van der Waals surface area (Å²) in [7, 11) is 0. The molecule has 8 heteroatoms. The van der Waals surface area contributed by atoms with E-state index >= 15 is 8.78 Å². The lowest BCUT2D eigenvalue weighted by Crippen LogP contribution is -2.65. The molecule has 1 N–H and O–H groups in total. The molecule has 0 bridgehead atoms. The number of carbonyl (C=O) groups excluding carboxylic acids is 1. The number of carbonyl (C=O) groups is 1. The smallest absolute Gasteiger partial charge is 0.383 e. The summed E-state index contributed by atoms with van der Waals surface area (Å²) in [6, 6.07) is 11.8. The third-order valence-electron chi connectivity index (χ3n) is 10.6. The molecule has 1 aromatic heterocycles. The number of aromatic nitrogens is 1. The Hall–Kier alpha value is -2.87. The summed E-state index contributed by atoms with van der Waals surface area (Å²) in [5.41, 5.74) is 1.40. The minimum atomic E-state index is -5.85. The average molecular weight is 572 g/mol. The number of hydrogen-bond acceptors (Lipinski definition) is 3. The Morgan fingerprint density at radius 1 is 0.927 bits per heavy atom. The molecule has 4 aliphatic carbocycles. The topological polar surface area (TPSA) is 50.2 Å². The number of aliphatic hydroxyl groups is 1. The first-order valence-corrected chi connectivity index (χ1v) is 14.5. The van der Waals surface area contributed by atoms with Crippen LogP contribution in [0.4, 0.5) is 22.0 Å². The zero-order chi connectivity index (χ0) is 29.2. The van der Waals surface area contributed by atoms with Crippen molar-refractivity contribution in [2.24, 2.45) is 17.3 Å². The van der Waals surface area contributed by atoms with Crippen LogP contribution in [0.15, 0.2) is 71.6 Å². The molecule has 2 fully saturated rings. The van der Waals surface area contributed by atoms with Crippen molar-refractivity contribution in [1.82, 2.24) is 4.98 Å². The molecular formula is C33H34F5NO2. The van der Waals surface area contributed by atoms with Gasteiger partial charge in [-0.3, -0.25) is 9.78 Å². The number of alkyl halides is 5. The molecule has 2 saturated carbocycles. The summed E-state index contributed by atoms with van der Waals surface area (Å²) in [6.45, 7) is 1.46. The number of pyridine rings is 1. The van der Waals surface area contributed by atoms with E-state index in [1.165, 1.54) is 6.92 Å². The highest BCUT2D eigenvalue weighted by molar-refractivity contribution is 5.93. The molecule has 218 valence electrons. The van der Waals surface area contributed by atoms with Crippen LogP contribution in [0.2, 0.25) is 0 Å². The van der Waals surface area contributed by atoms with Gasteiger partial charge in [0, 0.05) is 30.1 Å². The second-order valence-corrected chi connectivity index (χ2v) is 12.6. The first kappa shape index (κ1) is 28.3. The Labute approximate surface area is 236 Å². The summed E-state index contributed by atoms with van der Waals surface area (Å²) in [5, 5.41) is 11.4. The molecule has 2 aromatic rings. The maximum absolute atomic E-state index is 15.1. The van der Waals surface area contributed by atoms with E-state index in [4.69, 9.17) is 0 Å². The zero-order valence-electron chi connectivity index (χ0n) is 23.0. The first-order chi connectivity index (χ1) is 19.4. The van der Waals surface area contributed by atoms with Gasteiger partial charge in [-0.2, -0.15) is 22.0 Å². The van der Waals surface area contributed by atoms with Gasteiger partial charge in [0.15, 0.2) is 5.78 Å². The highest BCUT2D eigenvalue weighted by Crippen LogP contribution is 2.70. The minimum absolute atomic E-state index is 0.00718. The van der Waals surface area contributed by atoms with Crippen LogP contribution in [-0.2, 0) is 17.6 Å². The van der Waals surface area contributed by atoms with Crippen molar-refractivity contribution in [3.05, 3.63) is 88.3 Å². The van der Waals surface area contributed by atoms with E-state index in [-0.39, 0.29) is 24.5 Å². The second kappa shape index (κ2) is 9.85. The third kappa shape index (κ3) is 4.39. The van der Waals surface area contributed by atoms with E-state index in [2.05, 4.69) is 4.98 Å². The van der Waals surface area contributed by atoms with Gasteiger partial charge in [0.2, 0.25) is 0 Å². The largest absolute Gasteiger partial charge is 0.456 e. The van der Waals surface area contributed by atoms with Crippen molar-refractivity contribution in [2.75, 3.05) is 0 Å². The predicted octanol–water partition coefficient (Wildman–Crippen LogP) is 7.70. The number of halogens is 5. The van der Waals surface area contributed by atoms with Crippen LogP contribution in [0.25, 0.3) is 0 Å². The van der Waals surface area contributed by atoms with Crippen molar-refractivity contribution in [1.29, 1.82) is 0 Å². The third-order valence-corrected chi connectivity index (χ3v) is 10.6. The molecule has 0 radical (unpaired) electrons. The van der Waals surface area contributed by atoms with Gasteiger partial charge in [-0.1, -0.05) is 36.8 Å². The fourth-order valence-electron chi connectivity index (χ4n) is 8.47. The summed E-state index contributed by atoms with van der Waals surface area (Å²) in [4.78, 5) is 16.3. The van der Waals surface area contributed by atoms with Gasteiger partial charge in [-0.05, 0) is 109 Å². The molecule has 0 aliphatic heterocycles. The Morgan fingerprint density at radius 3 is 2.24 bits per heavy atom. The summed E-state index contributed by atoms with van der Waals surface area (Å²) < 4.78 is 71.5. The summed E-state index contributed by atoms with van der Waals surface area (Å²) in [5.74, 6) is -6.30. The Bertz CT molecular complexity index is 1400. The Balaban J connectivity index is 1.41. The zero-order valence-corrected chi connectivity index (χ0v) is 23.0. The number of aryl methyl sites for hydroxylation is 2. The lowest BCUT2D eigenvalue weighted by atomic mass is 9.50. The van der Waals surface area contributed by atoms with Crippen LogP contribution in [-0.4, -0.2) is 33.6 Å². The van der Waals surface area contributed by atoms with E-state index in [0.29, 0.717) is 25.7 Å². The van der Waals surface area contributed by atoms with Crippen molar-refractivity contribution in [2.45, 2.75) is 88.3 Å². The van der Waals surface area contributed by atoms with Crippen molar-refractivity contribution in [3.63, 3.8) is 0 Å². The number of allylic oxidation sites excluding steroid dienone is 4. The molecular weight excluding hydrogens is 537 g/mol. The second-order valence-electron chi connectivity index (χ2n) is 12.6. The van der Waals surface area contributed by atoms with Crippen LogP contribution in [0.5, 0.6) is 0 Å². The van der Waals surface area contributed by atoms with Gasteiger partial charge < -0.3 is 5.11 Å². The van der Waals surface area contributed by atoms with Crippen LogP contribution >= 0.6 is 0 Å². The molecule has 5 atom stereocenters. The Morgan fingerprint density at radius 2 is 1.59 bits per heavy atom. The first-order valence-electron chi connectivity index (χ1n) is 14.5. The molecule has 1 heterocycles. The lowest BCUT2D eigenvalue weighted by Gasteiger charge is -2.56. The molecule has 1 aromatic carbocycles. The quantitative estimate of drug-likeness (QED) is 0.374. The number of hydrogen-bond donors (Lipinski definition) is 1. The monoisotopic (exact) mass is 571 g/mol. The van der Waals surface area contributed by atoms with Gasteiger partial charge in [-0.25, -0.2) is 0 Å². The Kier molecular flexibility index (Phi) is 6.79. The highest BCUT2D eigenvalue weighted by Gasteiger charge is 2.79. The van der Waals surface area contributed by atoms with Crippen LogP contribution in [0.3, 0.4) is 0 Å². The van der Waals surface area contributed by atoms with Crippen LogP contribution in [0, 0.1) is 17.3 Å². The molecule has 3 nitrogen and oxygen atoms in total. The van der Waals surface area contributed by atoms with Gasteiger partial charge in [0.05, 0.1) is 0 Å². The number of nitrogens with zero attached hydrogens (tertiary/aromatic N) is 1. The van der Waals surface area contributed by atoms with Crippen LogP contribution < -0.4 is 0 Å². The maximum Gasteiger partial charge on any atom is 0.456 e. The number of fused-ring (bicyclic) bond motifs is 4. The molecule has 4 aliphatic rings. The SMILES string of the molecule is C[C@]12C[C@H](c3ccc(CCc4ccncc4)cc3)C3=C4CCC(=O)C=C4CC[C@H]3[C@@H]1CC[C@@]2(O)C(F)(F)C(F)(F)F. The maximum atomic E-state index is 15.1. The van der Waals surface area contributed by atoms with E-state index in [1.54, 1.807) is 18.5 Å². The highest BCUT2D eigenvalue weighted by atomic mass is 19.4. The summed E-state index contributed by atoms with van der Waals surface area (Å²) in [6.07, 6.45) is 2.56. The lowest BCUT2D eigenvalue weighted by molar-refractivity contribution is -0.362. The van der Waals surface area contributed by atoms with Crippen LogP contribution in [0.1, 0.15) is 74.5 Å². The average Bonchev–Trinajstić information content (AvgIpc) is 3.23. The summed E-state index contributed by atoms with van der Waals surface area (Å²) >= 11 is 0. The minimum Gasteiger partial charge on any atom is -0.383 e. The standard InChI is InChI=1S/C33H34F5NO2/c1-30-19-27(22-6-4-20(5-7-22)2-3-21-13-16-39-17-14-21)29-25-11-9-24(40)18-23(25)8-10-26(29)28(30)12-15-31(30,41)32(34,35)33(36,37)38/h4-7,13-14,16-18,26-28,41H,2-3,8-12,15,19H2,1H3/t26-,27+,28-,30-,31-/m0/s1. The molecule has 0 saturated heterocycles. The molecule has 6 rings (SSSR count). The molecule has 0 unspecified atom stereocenters. The van der Waals surface area contributed by atoms with Crippen molar-refractivity contribution >= 4 is 5.78 Å². The fraction of sp³-hybridized carbons (Fsp3) is 0.515. The molecule has 0 amide bonds. The molecule has 41 heavy (non-hydrogen) atoms. The predicted molar refractivity (Wildman–Crippen MR) is 144 cm³/mol. The number of ketones is 1. The van der Waals surface area contributed by atoms with Gasteiger partial charge in [0.25, 0.3) is 0 Å². The number of benzene rings is 1. The van der Waals surface area contributed by atoms with Crippen molar-refractivity contribution < 1.29 is 31.9 Å². The van der Waals surface area contributed by atoms with Gasteiger partial charge >= 0.3 is 12.1 Å². The van der Waals surface area contributed by atoms with E-state index in [0.717, 1.165) is 46.3 Å².